The van der Waals surface area contributed by atoms with Crippen molar-refractivity contribution in [2.75, 3.05) is 0 Å². The summed E-state index contributed by atoms with van der Waals surface area (Å²) in [5, 5.41) is 9.94. The molecule has 0 bridgehead atoms. The first-order valence-corrected chi connectivity index (χ1v) is 7.65. The van der Waals surface area contributed by atoms with Crippen molar-refractivity contribution in [1.82, 2.24) is 9.97 Å². The lowest BCUT2D eigenvalue weighted by atomic mass is 10.2. The molecule has 1 N–H and O–H groups in total. The van der Waals surface area contributed by atoms with Crippen LogP contribution in [0.4, 0.5) is 0 Å². The van der Waals surface area contributed by atoms with Gasteiger partial charge in [0.25, 0.3) is 0 Å². The van der Waals surface area contributed by atoms with E-state index in [2.05, 4.69) is 25.9 Å². The largest absolute Gasteiger partial charge is 0.478 e. The molecule has 1 heterocycles. The normalized spacial score (nSPS) is 10.6. The van der Waals surface area contributed by atoms with Crippen LogP contribution < -0.4 is 0 Å². The van der Waals surface area contributed by atoms with E-state index in [0.29, 0.717) is 4.47 Å². The fourth-order valence-corrected chi connectivity index (χ4v) is 3.03. The molecule has 0 aliphatic carbocycles. The van der Waals surface area contributed by atoms with Crippen LogP contribution in [0.25, 0.3) is 0 Å². The van der Waals surface area contributed by atoms with Gasteiger partial charge in [-0.05, 0) is 53.5 Å². The maximum Gasteiger partial charge on any atom is 0.336 e. The van der Waals surface area contributed by atoms with E-state index in [9.17, 15) is 4.79 Å². The molecule has 0 fully saturated rings. The Balaban J connectivity index is 2.32. The lowest BCUT2D eigenvalue weighted by Gasteiger charge is -2.06. The molecule has 4 nitrogen and oxygen atoms in total. The Bertz CT molecular complexity index is 662. The molecular formula is C14H13BrN2O2S. The number of carboxylic acids is 1. The van der Waals surface area contributed by atoms with Crippen LogP contribution in [0, 0.1) is 6.92 Å². The van der Waals surface area contributed by atoms with Gasteiger partial charge >= 0.3 is 5.97 Å². The smallest absolute Gasteiger partial charge is 0.336 e. The number of carboxylic acid groups (broad SMARTS) is 1. The first-order valence-electron chi connectivity index (χ1n) is 6.05. The molecule has 2 rings (SSSR count). The third-order valence-electron chi connectivity index (χ3n) is 2.62. The van der Waals surface area contributed by atoms with Crippen molar-refractivity contribution in [2.24, 2.45) is 0 Å². The number of halogens is 1. The second-order valence-corrected chi connectivity index (χ2v) is 6.10. The van der Waals surface area contributed by atoms with Crippen LogP contribution in [-0.2, 0) is 6.42 Å². The van der Waals surface area contributed by atoms with Gasteiger partial charge in [0.2, 0.25) is 0 Å². The van der Waals surface area contributed by atoms with Gasteiger partial charge in [-0.15, -0.1) is 0 Å². The summed E-state index contributed by atoms with van der Waals surface area (Å²) in [5.74, 6) is -0.227. The number of aromatic nitrogens is 2. The molecule has 1 aromatic heterocycles. The molecule has 0 spiro atoms. The molecule has 0 aliphatic heterocycles. The topological polar surface area (TPSA) is 63.1 Å². The molecule has 0 atom stereocenters. The van der Waals surface area contributed by atoms with Gasteiger partial charge in [0, 0.05) is 15.1 Å². The zero-order chi connectivity index (χ0) is 14.7. The minimum atomic E-state index is -0.951. The summed E-state index contributed by atoms with van der Waals surface area (Å²) in [6.45, 7) is 3.89. The average Bonchev–Trinajstić information content (AvgIpc) is 2.40. The van der Waals surface area contributed by atoms with Crippen molar-refractivity contribution in [2.45, 2.75) is 30.2 Å². The summed E-state index contributed by atoms with van der Waals surface area (Å²) < 4.78 is 0.572. The molecule has 0 saturated heterocycles. The second-order valence-electron chi connectivity index (χ2n) is 4.15. The van der Waals surface area contributed by atoms with Gasteiger partial charge in [-0.25, -0.2) is 14.8 Å². The summed E-state index contributed by atoms with van der Waals surface area (Å²) in [6, 6.07) is 7.17. The van der Waals surface area contributed by atoms with Crippen LogP contribution >= 0.6 is 27.7 Å². The predicted octanol–water partition coefficient (Wildman–Crippen LogP) is 3.96. The van der Waals surface area contributed by atoms with E-state index >= 15 is 0 Å². The highest BCUT2D eigenvalue weighted by Gasteiger charge is 2.10. The van der Waals surface area contributed by atoms with Crippen molar-refractivity contribution in [1.29, 1.82) is 0 Å². The van der Waals surface area contributed by atoms with Crippen molar-refractivity contribution in [3.63, 3.8) is 0 Å². The maximum atomic E-state index is 11.1. The molecule has 20 heavy (non-hydrogen) atoms. The molecular weight excluding hydrogens is 340 g/mol. The summed E-state index contributed by atoms with van der Waals surface area (Å²) in [4.78, 5) is 20.6. The van der Waals surface area contributed by atoms with Gasteiger partial charge in [-0.1, -0.05) is 18.7 Å². The van der Waals surface area contributed by atoms with Crippen LogP contribution in [0.3, 0.4) is 0 Å². The Morgan fingerprint density at radius 1 is 1.35 bits per heavy atom. The Labute approximate surface area is 129 Å². The summed E-state index contributed by atoms with van der Waals surface area (Å²) in [7, 11) is 0. The lowest BCUT2D eigenvalue weighted by molar-refractivity contribution is 0.0695. The van der Waals surface area contributed by atoms with E-state index in [1.807, 2.05) is 26.0 Å². The number of aromatic carboxylic acids is 1. The summed E-state index contributed by atoms with van der Waals surface area (Å²) in [6.07, 6.45) is 0.845. The number of carbonyl (C=O) groups is 1. The number of hydrogen-bond donors (Lipinski definition) is 1. The van der Waals surface area contributed by atoms with E-state index in [4.69, 9.17) is 5.11 Å². The average molecular weight is 353 g/mol. The van der Waals surface area contributed by atoms with Gasteiger partial charge < -0.3 is 5.11 Å². The highest BCUT2D eigenvalue weighted by atomic mass is 79.9. The number of benzene rings is 1. The first-order chi connectivity index (χ1) is 9.49. The van der Waals surface area contributed by atoms with Crippen LogP contribution in [-0.4, -0.2) is 21.0 Å². The zero-order valence-corrected chi connectivity index (χ0v) is 13.5. The standard InChI is InChI=1S/C14H13BrN2O2S/c1-3-9-6-13(17-8(2)16-9)20-10-4-5-12(15)11(7-10)14(18)19/h4-7H,3H2,1-2H3,(H,18,19). The van der Waals surface area contributed by atoms with Crippen molar-refractivity contribution < 1.29 is 9.90 Å². The minimum Gasteiger partial charge on any atom is -0.478 e. The molecule has 0 aliphatic rings. The number of hydrogen-bond acceptors (Lipinski definition) is 4. The van der Waals surface area contributed by atoms with Crippen LogP contribution in [0.15, 0.2) is 38.7 Å². The molecule has 0 unspecified atom stereocenters. The maximum absolute atomic E-state index is 11.1. The molecule has 0 radical (unpaired) electrons. The molecule has 104 valence electrons. The SMILES string of the molecule is CCc1cc(Sc2ccc(Br)c(C(=O)O)c2)nc(C)n1. The summed E-state index contributed by atoms with van der Waals surface area (Å²) in [5.41, 5.74) is 1.23. The van der Waals surface area contributed by atoms with E-state index in [1.165, 1.54) is 11.8 Å². The summed E-state index contributed by atoms with van der Waals surface area (Å²) >= 11 is 4.67. The molecule has 1 aromatic carbocycles. The second kappa shape index (κ2) is 6.37. The Kier molecular flexibility index (Phi) is 4.77. The van der Waals surface area contributed by atoms with Crippen molar-refractivity contribution >= 4 is 33.7 Å². The quantitative estimate of drug-likeness (QED) is 0.843. The van der Waals surface area contributed by atoms with Gasteiger partial charge in [0.05, 0.1) is 5.56 Å². The Morgan fingerprint density at radius 3 is 2.75 bits per heavy atom. The molecule has 2 aromatic rings. The Morgan fingerprint density at radius 2 is 2.10 bits per heavy atom. The zero-order valence-electron chi connectivity index (χ0n) is 11.1. The van der Waals surface area contributed by atoms with E-state index in [0.717, 1.165) is 27.9 Å². The van der Waals surface area contributed by atoms with Crippen molar-refractivity contribution in [3.05, 3.63) is 45.8 Å². The van der Waals surface area contributed by atoms with Crippen LogP contribution in [0.2, 0.25) is 0 Å². The van der Waals surface area contributed by atoms with E-state index < -0.39 is 5.97 Å². The Hall–Kier alpha value is -1.40. The monoisotopic (exact) mass is 352 g/mol. The highest BCUT2D eigenvalue weighted by Crippen LogP contribution is 2.30. The lowest BCUT2D eigenvalue weighted by Crippen LogP contribution is -1.98. The predicted molar refractivity (Wildman–Crippen MR) is 81.4 cm³/mol. The first kappa shape index (κ1) is 15.0. The van der Waals surface area contributed by atoms with Crippen LogP contribution in [0.5, 0.6) is 0 Å². The molecule has 6 heteroatoms. The third kappa shape index (κ3) is 3.58. The van der Waals surface area contributed by atoms with Gasteiger partial charge in [0.1, 0.15) is 10.9 Å². The van der Waals surface area contributed by atoms with Crippen LogP contribution in [0.1, 0.15) is 28.8 Å². The number of rotatable bonds is 4. The number of aryl methyl sites for hydroxylation is 2. The van der Waals surface area contributed by atoms with Gasteiger partial charge in [-0.3, -0.25) is 0 Å². The minimum absolute atomic E-state index is 0.247. The molecule has 0 amide bonds. The number of nitrogens with zero attached hydrogens (tertiary/aromatic N) is 2. The van der Waals surface area contributed by atoms with Gasteiger partial charge in [0.15, 0.2) is 0 Å². The highest BCUT2D eigenvalue weighted by molar-refractivity contribution is 9.10. The molecule has 0 saturated carbocycles. The van der Waals surface area contributed by atoms with Gasteiger partial charge in [-0.2, -0.15) is 0 Å². The fraction of sp³-hybridized carbons (Fsp3) is 0.214. The third-order valence-corrected chi connectivity index (χ3v) is 4.22. The fourth-order valence-electron chi connectivity index (χ4n) is 1.69. The van der Waals surface area contributed by atoms with Crippen molar-refractivity contribution in [3.8, 4) is 0 Å². The van der Waals surface area contributed by atoms with E-state index in [1.54, 1.807) is 12.1 Å². The van der Waals surface area contributed by atoms with E-state index in [-0.39, 0.29) is 5.56 Å².